The number of benzene rings is 1. The molecule has 1 aromatic carbocycles. The van der Waals surface area contributed by atoms with Gasteiger partial charge >= 0.3 is 5.97 Å². The predicted molar refractivity (Wildman–Crippen MR) is 114 cm³/mol. The Morgan fingerprint density at radius 1 is 0.939 bits per heavy atom. The molecular weight excluding hydrogens is 438 g/mol. The molecule has 0 radical (unpaired) electrons. The number of primary amides is 1. The van der Waals surface area contributed by atoms with Crippen LogP contribution in [0.5, 0.6) is 0 Å². The van der Waals surface area contributed by atoms with Gasteiger partial charge in [-0.05, 0) is 12.5 Å². The highest BCUT2D eigenvalue weighted by atomic mass is 16.4. The molecule has 0 aromatic heterocycles. The van der Waals surface area contributed by atoms with Gasteiger partial charge in [-0.2, -0.15) is 0 Å². The van der Waals surface area contributed by atoms with Crippen LogP contribution in [0.4, 0.5) is 0 Å². The lowest BCUT2D eigenvalue weighted by molar-refractivity contribution is -0.143. The van der Waals surface area contributed by atoms with Crippen LogP contribution in [0, 0.1) is 0 Å². The second-order valence-corrected chi connectivity index (χ2v) is 7.34. The Hall–Kier alpha value is -3.55. The third kappa shape index (κ3) is 9.22. The average Bonchev–Trinajstić information content (AvgIpc) is 2.75. The Morgan fingerprint density at radius 2 is 1.52 bits per heavy atom. The Labute approximate surface area is 189 Å². The van der Waals surface area contributed by atoms with Crippen LogP contribution in [0.2, 0.25) is 0 Å². The lowest BCUT2D eigenvalue weighted by Gasteiger charge is -2.26. The standard InChI is InChI=1S/C20H29N5O8/c1-10(27)16(25-17(29)12(21)9-26)19(31)23-13(7-11-5-3-2-4-6-11)18(30)24-14(20(32)33)8-15(22)28/h2-6,10,12-14,16,26-27H,7-9,21H2,1H3,(H2,22,28)(H,23,31)(H,24,30)(H,25,29)(H,32,33). The zero-order valence-electron chi connectivity index (χ0n) is 17.9. The highest BCUT2D eigenvalue weighted by molar-refractivity contribution is 5.95. The van der Waals surface area contributed by atoms with E-state index < -0.39 is 72.9 Å². The third-order valence-corrected chi connectivity index (χ3v) is 4.53. The number of amides is 4. The molecule has 33 heavy (non-hydrogen) atoms. The minimum atomic E-state index is -1.63. The first-order valence-electron chi connectivity index (χ1n) is 9.96. The first kappa shape index (κ1) is 27.5. The second-order valence-electron chi connectivity index (χ2n) is 7.34. The van der Waals surface area contributed by atoms with E-state index in [9.17, 15) is 34.2 Å². The number of aliphatic carboxylic acids is 1. The molecule has 0 saturated heterocycles. The topological polar surface area (TPSA) is 234 Å². The van der Waals surface area contributed by atoms with Gasteiger partial charge in [0.25, 0.3) is 0 Å². The number of carboxylic acid groups (broad SMARTS) is 1. The maximum Gasteiger partial charge on any atom is 0.326 e. The molecule has 0 aliphatic carbocycles. The smallest absolute Gasteiger partial charge is 0.326 e. The van der Waals surface area contributed by atoms with Gasteiger partial charge in [0, 0.05) is 6.42 Å². The van der Waals surface area contributed by atoms with Gasteiger partial charge in [0.15, 0.2) is 0 Å². The monoisotopic (exact) mass is 467 g/mol. The molecule has 13 nitrogen and oxygen atoms in total. The van der Waals surface area contributed by atoms with Crippen molar-refractivity contribution >= 4 is 29.6 Å². The Balaban J connectivity index is 3.10. The molecule has 1 rings (SSSR count). The number of carboxylic acids is 1. The predicted octanol–water partition coefficient (Wildman–Crippen LogP) is -3.66. The second kappa shape index (κ2) is 13.1. The number of aliphatic hydroxyl groups excluding tert-OH is 2. The normalized spacial score (nSPS) is 15.3. The number of aliphatic hydroxyl groups is 2. The van der Waals surface area contributed by atoms with Crippen LogP contribution in [-0.2, 0) is 30.4 Å². The van der Waals surface area contributed by atoms with Gasteiger partial charge in [-0.3, -0.25) is 19.2 Å². The van der Waals surface area contributed by atoms with Crippen LogP contribution < -0.4 is 27.4 Å². The van der Waals surface area contributed by atoms with Gasteiger partial charge in [0.2, 0.25) is 23.6 Å². The molecule has 0 heterocycles. The highest BCUT2D eigenvalue weighted by Gasteiger charge is 2.32. The number of hydrogen-bond donors (Lipinski definition) is 8. The van der Waals surface area contributed by atoms with Crippen molar-refractivity contribution in [3.8, 4) is 0 Å². The number of nitrogens with one attached hydrogen (secondary N) is 3. The first-order chi connectivity index (χ1) is 15.5. The summed E-state index contributed by atoms with van der Waals surface area (Å²) >= 11 is 0. The molecule has 5 unspecified atom stereocenters. The lowest BCUT2D eigenvalue weighted by Crippen LogP contribution is -2.60. The lowest BCUT2D eigenvalue weighted by atomic mass is 10.0. The maximum atomic E-state index is 12.8. The minimum absolute atomic E-state index is 0.0715. The van der Waals surface area contributed by atoms with Crippen molar-refractivity contribution in [2.24, 2.45) is 11.5 Å². The van der Waals surface area contributed by atoms with E-state index in [1.54, 1.807) is 30.3 Å². The van der Waals surface area contributed by atoms with E-state index >= 15 is 0 Å². The molecule has 182 valence electrons. The van der Waals surface area contributed by atoms with Crippen LogP contribution in [-0.4, -0.2) is 81.8 Å². The summed E-state index contributed by atoms with van der Waals surface area (Å²) in [6.45, 7) is 0.518. The molecule has 0 bridgehead atoms. The summed E-state index contributed by atoms with van der Waals surface area (Å²) in [6.07, 6.45) is -2.14. The van der Waals surface area contributed by atoms with Crippen LogP contribution >= 0.6 is 0 Å². The molecule has 5 atom stereocenters. The summed E-state index contributed by atoms with van der Waals surface area (Å²) in [7, 11) is 0. The molecular formula is C20H29N5O8. The van der Waals surface area contributed by atoms with Crippen molar-refractivity contribution in [3.05, 3.63) is 35.9 Å². The van der Waals surface area contributed by atoms with Crippen LogP contribution in [0.25, 0.3) is 0 Å². The van der Waals surface area contributed by atoms with Gasteiger partial charge in [-0.15, -0.1) is 0 Å². The summed E-state index contributed by atoms with van der Waals surface area (Å²) in [5.41, 5.74) is 11.0. The number of nitrogens with two attached hydrogens (primary N) is 2. The summed E-state index contributed by atoms with van der Waals surface area (Å²) in [6, 6.07) is 2.61. The largest absolute Gasteiger partial charge is 0.480 e. The van der Waals surface area contributed by atoms with Crippen molar-refractivity contribution in [3.63, 3.8) is 0 Å². The zero-order chi connectivity index (χ0) is 25.1. The molecule has 0 spiro atoms. The van der Waals surface area contributed by atoms with E-state index in [1.165, 1.54) is 6.92 Å². The van der Waals surface area contributed by atoms with Crippen molar-refractivity contribution in [1.82, 2.24) is 16.0 Å². The molecule has 13 heteroatoms. The number of carbonyl (C=O) groups excluding carboxylic acids is 4. The molecule has 4 amide bonds. The van der Waals surface area contributed by atoms with E-state index in [0.717, 1.165) is 0 Å². The van der Waals surface area contributed by atoms with Crippen LogP contribution in [0.15, 0.2) is 30.3 Å². The van der Waals surface area contributed by atoms with E-state index in [0.29, 0.717) is 5.56 Å². The van der Waals surface area contributed by atoms with Gasteiger partial charge in [0.05, 0.1) is 19.1 Å². The SMILES string of the molecule is CC(O)C(NC(=O)C(N)CO)C(=O)NC(Cc1ccccc1)C(=O)NC(CC(N)=O)C(=O)O. The summed E-state index contributed by atoms with van der Waals surface area (Å²) in [4.78, 5) is 60.0. The van der Waals surface area contributed by atoms with E-state index in [2.05, 4.69) is 16.0 Å². The molecule has 0 fully saturated rings. The average molecular weight is 467 g/mol. The summed E-state index contributed by atoms with van der Waals surface area (Å²) < 4.78 is 0. The molecule has 0 aliphatic rings. The molecule has 0 saturated carbocycles. The summed E-state index contributed by atoms with van der Waals surface area (Å²) in [5, 5.41) is 34.9. The number of rotatable bonds is 13. The molecule has 0 aliphatic heterocycles. The fraction of sp³-hybridized carbons (Fsp3) is 0.450. The van der Waals surface area contributed by atoms with Gasteiger partial charge in [-0.25, -0.2) is 4.79 Å². The van der Waals surface area contributed by atoms with Crippen molar-refractivity contribution < 1.29 is 39.3 Å². The first-order valence-corrected chi connectivity index (χ1v) is 9.96. The van der Waals surface area contributed by atoms with E-state index in [1.807, 2.05) is 0 Å². The summed E-state index contributed by atoms with van der Waals surface area (Å²) in [5.74, 6) is -5.25. The minimum Gasteiger partial charge on any atom is -0.480 e. The number of carbonyl (C=O) groups is 5. The van der Waals surface area contributed by atoms with Crippen molar-refractivity contribution in [2.75, 3.05) is 6.61 Å². The Bertz CT molecular complexity index is 848. The van der Waals surface area contributed by atoms with Crippen LogP contribution in [0.3, 0.4) is 0 Å². The zero-order valence-corrected chi connectivity index (χ0v) is 17.9. The Morgan fingerprint density at radius 3 is 2.00 bits per heavy atom. The number of hydrogen-bond acceptors (Lipinski definition) is 8. The highest BCUT2D eigenvalue weighted by Crippen LogP contribution is 2.06. The van der Waals surface area contributed by atoms with Gasteiger partial charge in [-0.1, -0.05) is 30.3 Å². The van der Waals surface area contributed by atoms with Gasteiger partial charge in [0.1, 0.15) is 24.2 Å². The Kier molecular flexibility index (Phi) is 10.9. The van der Waals surface area contributed by atoms with E-state index in [-0.39, 0.29) is 6.42 Å². The van der Waals surface area contributed by atoms with E-state index in [4.69, 9.17) is 16.6 Å². The van der Waals surface area contributed by atoms with Crippen LogP contribution in [0.1, 0.15) is 18.9 Å². The van der Waals surface area contributed by atoms with Crippen molar-refractivity contribution in [2.45, 2.75) is 50.0 Å². The quantitative estimate of drug-likeness (QED) is 0.142. The van der Waals surface area contributed by atoms with Crippen molar-refractivity contribution in [1.29, 1.82) is 0 Å². The fourth-order valence-corrected chi connectivity index (χ4v) is 2.74. The fourth-order valence-electron chi connectivity index (χ4n) is 2.74. The van der Waals surface area contributed by atoms with Gasteiger partial charge < -0.3 is 42.7 Å². The maximum absolute atomic E-state index is 12.8. The molecule has 1 aromatic rings. The molecule has 10 N–H and O–H groups in total. The third-order valence-electron chi connectivity index (χ3n) is 4.53.